The average Bonchev–Trinajstić information content (AvgIpc) is 2.92. The Balaban J connectivity index is 2.05. The van der Waals surface area contributed by atoms with E-state index in [1.807, 2.05) is 13.0 Å². The number of hydrogen-bond acceptors (Lipinski definition) is 5. The summed E-state index contributed by atoms with van der Waals surface area (Å²) >= 11 is 5.98. The molecule has 2 amide bonds. The molecule has 0 aromatic heterocycles. The summed E-state index contributed by atoms with van der Waals surface area (Å²) in [7, 11) is -1.10. The fraction of sp³-hybridized carbons (Fsp3) is 0.286. The van der Waals surface area contributed by atoms with Gasteiger partial charge in [-0.2, -0.15) is 0 Å². The van der Waals surface area contributed by atoms with Crippen molar-refractivity contribution >= 4 is 39.1 Å². The Hall–Kier alpha value is -3.56. The number of anilines is 1. The van der Waals surface area contributed by atoms with Crippen molar-refractivity contribution in [3.05, 3.63) is 88.9 Å². The van der Waals surface area contributed by atoms with Crippen LogP contribution in [0.5, 0.6) is 5.75 Å². The van der Waals surface area contributed by atoms with Gasteiger partial charge in [0.05, 0.1) is 17.7 Å². The van der Waals surface area contributed by atoms with Crippen molar-refractivity contribution in [2.24, 2.45) is 0 Å². The summed E-state index contributed by atoms with van der Waals surface area (Å²) in [5, 5.41) is 3.00. The molecule has 0 unspecified atom stereocenters. The molecular weight excluding hydrogens is 526 g/mol. The minimum absolute atomic E-state index is 0.00652. The molecule has 0 fully saturated rings. The van der Waals surface area contributed by atoms with Gasteiger partial charge in [-0.1, -0.05) is 48.4 Å². The lowest BCUT2D eigenvalue weighted by atomic mass is 10.1. The van der Waals surface area contributed by atoms with E-state index in [2.05, 4.69) is 5.32 Å². The van der Waals surface area contributed by atoms with Gasteiger partial charge in [-0.05, 0) is 67.4 Å². The summed E-state index contributed by atoms with van der Waals surface area (Å²) in [5.74, 6) is -0.262. The van der Waals surface area contributed by atoms with Gasteiger partial charge in [0.15, 0.2) is 0 Å². The second-order valence-corrected chi connectivity index (χ2v) is 11.0. The molecule has 0 bridgehead atoms. The maximum absolute atomic E-state index is 13.9. The number of amides is 2. The van der Waals surface area contributed by atoms with Gasteiger partial charge in [0.2, 0.25) is 11.8 Å². The van der Waals surface area contributed by atoms with Gasteiger partial charge >= 0.3 is 0 Å². The number of carbonyl (C=O) groups excluding carboxylic acids is 2. The maximum Gasteiger partial charge on any atom is 0.264 e. The van der Waals surface area contributed by atoms with E-state index in [-0.39, 0.29) is 17.3 Å². The molecule has 0 aliphatic carbocycles. The lowest BCUT2D eigenvalue weighted by Gasteiger charge is -2.33. The molecule has 10 heteroatoms. The minimum Gasteiger partial charge on any atom is -0.497 e. The van der Waals surface area contributed by atoms with Gasteiger partial charge in [0.1, 0.15) is 18.3 Å². The second-order valence-electron chi connectivity index (χ2n) is 8.71. The molecule has 1 N–H and O–H groups in total. The number of carbonyl (C=O) groups is 2. The number of likely N-dealkylation sites (N-methyl/N-ethyl adjacent to an activating group) is 1. The number of hydrogen-bond donors (Lipinski definition) is 1. The molecule has 0 radical (unpaired) electrons. The summed E-state index contributed by atoms with van der Waals surface area (Å²) in [6.07, 6.45) is 0.337. The fourth-order valence-corrected chi connectivity index (χ4v) is 5.57. The van der Waals surface area contributed by atoms with Crippen LogP contribution in [0.2, 0.25) is 5.02 Å². The Morgan fingerprint density at radius 3 is 2.26 bits per heavy atom. The third-order valence-corrected chi connectivity index (χ3v) is 8.16. The molecule has 0 aliphatic heterocycles. The van der Waals surface area contributed by atoms with Crippen LogP contribution in [0, 0.1) is 6.92 Å². The number of sulfonamides is 1. The SMILES string of the molecule is CC[C@H](C(=O)NC)N(Cc1cccc(OC)c1)C(=O)CN(c1ccc(C)cc1)S(=O)(=O)c1ccc(Cl)cc1. The van der Waals surface area contributed by atoms with Gasteiger partial charge in [0, 0.05) is 18.6 Å². The van der Waals surface area contributed by atoms with Crippen LogP contribution in [0.4, 0.5) is 5.69 Å². The molecule has 3 aromatic carbocycles. The first-order valence-electron chi connectivity index (χ1n) is 12.1. The predicted octanol–water partition coefficient (Wildman–Crippen LogP) is 4.41. The summed E-state index contributed by atoms with van der Waals surface area (Å²) in [6, 6.07) is 19.0. The number of ether oxygens (including phenoxy) is 1. The Labute approximate surface area is 229 Å². The van der Waals surface area contributed by atoms with E-state index in [1.54, 1.807) is 56.5 Å². The van der Waals surface area contributed by atoms with Crippen LogP contribution in [-0.4, -0.2) is 51.9 Å². The van der Waals surface area contributed by atoms with Gasteiger partial charge in [0.25, 0.3) is 10.0 Å². The number of aryl methyl sites for hydroxylation is 1. The first-order valence-corrected chi connectivity index (χ1v) is 13.9. The Morgan fingerprint density at radius 1 is 1.03 bits per heavy atom. The highest BCUT2D eigenvalue weighted by Gasteiger charge is 2.33. The molecule has 0 saturated carbocycles. The number of halogens is 1. The summed E-state index contributed by atoms with van der Waals surface area (Å²) in [4.78, 5) is 28.1. The van der Waals surface area contributed by atoms with Crippen LogP contribution in [-0.2, 0) is 26.2 Å². The standard InChI is InChI=1S/C28H32ClN3O5S/c1-5-26(28(34)30-3)31(18-21-7-6-8-24(17-21)37-4)27(33)19-32(23-13-9-20(2)10-14-23)38(35,36)25-15-11-22(29)12-16-25/h6-17,26H,5,18-19H2,1-4H3,(H,30,34)/t26-/m1/s1. The van der Waals surface area contributed by atoms with Crippen LogP contribution in [0.1, 0.15) is 24.5 Å². The lowest BCUT2D eigenvalue weighted by Crippen LogP contribution is -2.51. The normalized spacial score (nSPS) is 11.9. The first kappa shape index (κ1) is 29.0. The van der Waals surface area contributed by atoms with E-state index in [0.717, 1.165) is 15.4 Å². The van der Waals surface area contributed by atoms with E-state index < -0.39 is 28.5 Å². The molecule has 0 aliphatic rings. The van der Waals surface area contributed by atoms with Crippen molar-refractivity contribution in [2.45, 2.75) is 37.8 Å². The fourth-order valence-electron chi connectivity index (χ4n) is 4.03. The zero-order valence-corrected chi connectivity index (χ0v) is 23.4. The van der Waals surface area contributed by atoms with Crippen LogP contribution in [0.3, 0.4) is 0 Å². The highest BCUT2D eigenvalue weighted by molar-refractivity contribution is 7.92. The van der Waals surface area contributed by atoms with E-state index in [0.29, 0.717) is 22.9 Å². The van der Waals surface area contributed by atoms with Crippen molar-refractivity contribution in [1.82, 2.24) is 10.2 Å². The number of benzene rings is 3. The van der Waals surface area contributed by atoms with Gasteiger partial charge in [-0.25, -0.2) is 8.42 Å². The van der Waals surface area contributed by atoms with Crippen molar-refractivity contribution in [2.75, 3.05) is 25.0 Å². The van der Waals surface area contributed by atoms with Crippen LogP contribution in [0.15, 0.2) is 77.7 Å². The van der Waals surface area contributed by atoms with Crippen molar-refractivity contribution in [1.29, 1.82) is 0 Å². The number of rotatable bonds is 11. The molecular formula is C28H32ClN3O5S. The van der Waals surface area contributed by atoms with E-state index in [4.69, 9.17) is 16.3 Å². The van der Waals surface area contributed by atoms with Crippen molar-refractivity contribution in [3.8, 4) is 5.75 Å². The second kappa shape index (κ2) is 12.8. The number of nitrogens with one attached hydrogen (secondary N) is 1. The molecule has 38 heavy (non-hydrogen) atoms. The molecule has 202 valence electrons. The molecule has 0 spiro atoms. The largest absolute Gasteiger partial charge is 0.497 e. The predicted molar refractivity (Wildman–Crippen MR) is 149 cm³/mol. The molecule has 8 nitrogen and oxygen atoms in total. The minimum atomic E-state index is -4.15. The summed E-state index contributed by atoms with van der Waals surface area (Å²) in [6.45, 7) is 3.27. The molecule has 3 aromatic rings. The maximum atomic E-state index is 13.9. The summed E-state index contributed by atoms with van der Waals surface area (Å²) in [5.41, 5.74) is 2.00. The van der Waals surface area contributed by atoms with Crippen LogP contribution in [0.25, 0.3) is 0 Å². The third kappa shape index (κ3) is 6.85. The first-order chi connectivity index (χ1) is 18.1. The zero-order valence-electron chi connectivity index (χ0n) is 21.8. The number of methoxy groups -OCH3 is 1. The monoisotopic (exact) mass is 557 g/mol. The quantitative estimate of drug-likeness (QED) is 0.377. The van der Waals surface area contributed by atoms with Crippen LogP contribution < -0.4 is 14.4 Å². The highest BCUT2D eigenvalue weighted by Crippen LogP contribution is 2.26. The van der Waals surface area contributed by atoms with Crippen molar-refractivity contribution in [3.63, 3.8) is 0 Å². The third-order valence-electron chi connectivity index (χ3n) is 6.12. The Bertz CT molecular complexity index is 1360. The highest BCUT2D eigenvalue weighted by atomic mass is 35.5. The Morgan fingerprint density at radius 2 is 1.68 bits per heavy atom. The van der Waals surface area contributed by atoms with Gasteiger partial charge in [-0.15, -0.1) is 0 Å². The van der Waals surface area contributed by atoms with Gasteiger partial charge < -0.3 is 15.0 Å². The average molecular weight is 558 g/mol. The van der Waals surface area contributed by atoms with E-state index in [9.17, 15) is 18.0 Å². The topological polar surface area (TPSA) is 96.0 Å². The molecule has 1 atom stereocenters. The van der Waals surface area contributed by atoms with E-state index >= 15 is 0 Å². The molecule has 0 saturated heterocycles. The Kier molecular flexibility index (Phi) is 9.77. The zero-order chi connectivity index (χ0) is 27.9. The van der Waals surface area contributed by atoms with E-state index in [1.165, 1.54) is 36.2 Å². The number of nitrogens with zero attached hydrogens (tertiary/aromatic N) is 2. The lowest BCUT2D eigenvalue weighted by molar-refractivity contribution is -0.140. The van der Waals surface area contributed by atoms with Crippen molar-refractivity contribution < 1.29 is 22.7 Å². The summed E-state index contributed by atoms with van der Waals surface area (Å²) < 4.78 is 33.9. The molecule has 3 rings (SSSR count). The van der Waals surface area contributed by atoms with Crippen LogP contribution >= 0.6 is 11.6 Å². The molecule has 0 heterocycles. The van der Waals surface area contributed by atoms with Gasteiger partial charge in [-0.3, -0.25) is 13.9 Å². The smallest absolute Gasteiger partial charge is 0.264 e.